The molecule has 8 rings (SSSR count). The fraction of sp³-hybridized carbons (Fsp3) is 0.0500. The molecular weight excluding hydrogens is 717 g/mol. The Morgan fingerprint density at radius 2 is 1.50 bits per heavy atom. The summed E-state index contributed by atoms with van der Waals surface area (Å²) in [5.41, 5.74) is 9.26. The van der Waals surface area contributed by atoms with E-state index in [4.69, 9.17) is 8.53 Å². The molecule has 0 fully saturated rings. The molecule has 3 nitrogen and oxygen atoms in total. The average Bonchev–Trinajstić information content (AvgIpc) is 3.48. The van der Waals surface area contributed by atoms with E-state index in [0.717, 1.165) is 39.1 Å². The van der Waals surface area contributed by atoms with Crippen molar-refractivity contribution in [3.05, 3.63) is 157 Å². The number of pyridine rings is 2. The first-order chi connectivity index (χ1) is 22.4. The predicted molar refractivity (Wildman–Crippen MR) is 177 cm³/mol. The summed E-state index contributed by atoms with van der Waals surface area (Å²) in [4.78, 5) is 8.58. The quantitative estimate of drug-likeness (QED) is 0.169. The molecule has 0 aliphatic heterocycles. The van der Waals surface area contributed by atoms with Crippen molar-refractivity contribution in [3.8, 4) is 33.6 Å². The minimum Gasteiger partial charge on any atom is -0.456 e. The van der Waals surface area contributed by atoms with Crippen LogP contribution >= 0.6 is 0 Å². The molecule has 0 saturated carbocycles. The Bertz CT molecular complexity index is 2300. The summed E-state index contributed by atoms with van der Waals surface area (Å²) in [7, 11) is 0. The van der Waals surface area contributed by atoms with E-state index in [2.05, 4.69) is 83.6 Å². The van der Waals surface area contributed by atoms with Crippen molar-refractivity contribution < 1.29 is 28.6 Å². The number of benzene rings is 5. The number of furan rings is 1. The van der Waals surface area contributed by atoms with E-state index in [0.29, 0.717) is 0 Å². The van der Waals surface area contributed by atoms with Crippen LogP contribution in [0.1, 0.15) is 15.2 Å². The zero-order chi connectivity index (χ0) is 31.7. The van der Waals surface area contributed by atoms with Crippen molar-refractivity contribution in [2.75, 3.05) is 0 Å². The average molecular weight is 748 g/mol. The van der Waals surface area contributed by atoms with Gasteiger partial charge in [-0.25, -0.2) is 0 Å². The third kappa shape index (κ3) is 5.70. The molecular formula is C40H28IrN2O-2. The number of rotatable bonds is 3. The van der Waals surface area contributed by atoms with Crippen molar-refractivity contribution >= 4 is 32.7 Å². The number of aromatic nitrogens is 2. The summed E-state index contributed by atoms with van der Waals surface area (Å²) in [5, 5.41) is 4.77. The van der Waals surface area contributed by atoms with Crippen LogP contribution in [0.25, 0.3) is 66.4 Å². The van der Waals surface area contributed by atoms with Crippen molar-refractivity contribution in [2.45, 2.75) is 13.8 Å². The Hall–Kier alpha value is -4.89. The Morgan fingerprint density at radius 3 is 2.27 bits per heavy atom. The third-order valence-electron chi connectivity index (χ3n) is 7.54. The normalized spacial score (nSPS) is 12.1. The van der Waals surface area contributed by atoms with E-state index in [1.807, 2.05) is 54.7 Å². The van der Waals surface area contributed by atoms with Gasteiger partial charge < -0.3 is 14.4 Å². The Kier molecular flexibility index (Phi) is 7.43. The van der Waals surface area contributed by atoms with Gasteiger partial charge in [-0.15, -0.1) is 65.2 Å². The maximum Gasteiger partial charge on any atom is 0.136 e. The molecule has 5 aromatic carbocycles. The van der Waals surface area contributed by atoms with Crippen LogP contribution in [0.3, 0.4) is 0 Å². The first-order valence-electron chi connectivity index (χ1n) is 15.6. The van der Waals surface area contributed by atoms with Gasteiger partial charge in [0.1, 0.15) is 11.2 Å². The number of para-hydroxylation sites is 1. The Labute approximate surface area is 274 Å². The summed E-state index contributed by atoms with van der Waals surface area (Å²) >= 11 is 0. The minimum atomic E-state index is -2.09. The number of aryl methyl sites for hydroxylation is 2. The second-order valence-corrected chi connectivity index (χ2v) is 10.3. The summed E-state index contributed by atoms with van der Waals surface area (Å²) in [6.07, 6.45) is 3.21. The van der Waals surface area contributed by atoms with Gasteiger partial charge >= 0.3 is 0 Å². The van der Waals surface area contributed by atoms with Gasteiger partial charge in [-0.1, -0.05) is 84.8 Å². The van der Waals surface area contributed by atoms with Crippen LogP contribution in [-0.2, 0) is 20.1 Å². The second kappa shape index (κ2) is 12.8. The molecule has 0 aliphatic carbocycles. The summed E-state index contributed by atoms with van der Waals surface area (Å²) in [6.45, 7) is 0.0617. The molecule has 215 valence electrons. The molecule has 3 aromatic heterocycles. The topological polar surface area (TPSA) is 38.9 Å². The van der Waals surface area contributed by atoms with Crippen molar-refractivity contribution in [2.24, 2.45) is 0 Å². The van der Waals surface area contributed by atoms with Crippen LogP contribution in [0.5, 0.6) is 0 Å². The molecule has 0 bridgehead atoms. The molecule has 0 unspecified atom stereocenters. The zero-order valence-electron chi connectivity index (χ0n) is 26.8. The number of hydrogen-bond acceptors (Lipinski definition) is 3. The first kappa shape index (κ1) is 25.6. The number of hydrogen-bond donors (Lipinski definition) is 0. The third-order valence-corrected chi connectivity index (χ3v) is 7.54. The first-order valence-corrected chi connectivity index (χ1v) is 14.1. The molecule has 0 aliphatic rings. The molecule has 0 spiro atoms. The van der Waals surface area contributed by atoms with Crippen molar-refractivity contribution in [1.29, 1.82) is 0 Å². The van der Waals surface area contributed by atoms with Crippen LogP contribution in [0, 0.1) is 25.9 Å². The zero-order valence-corrected chi connectivity index (χ0v) is 26.2. The van der Waals surface area contributed by atoms with Gasteiger partial charge in [0.25, 0.3) is 0 Å². The molecule has 1 radical (unpaired) electrons. The van der Waals surface area contributed by atoms with Crippen LogP contribution in [0.15, 0.2) is 138 Å². The molecule has 8 aromatic rings. The van der Waals surface area contributed by atoms with Crippen molar-refractivity contribution in [3.63, 3.8) is 0 Å². The molecule has 3 heterocycles. The van der Waals surface area contributed by atoms with E-state index in [9.17, 15) is 0 Å². The van der Waals surface area contributed by atoms with Crippen molar-refractivity contribution in [1.82, 2.24) is 9.97 Å². The molecule has 0 N–H and O–H groups in total. The Morgan fingerprint density at radius 1 is 0.659 bits per heavy atom. The Balaban J connectivity index is 0.000000194. The van der Waals surface area contributed by atoms with Crippen LogP contribution < -0.4 is 0 Å². The summed E-state index contributed by atoms with van der Waals surface area (Å²) < 4.78 is 27.8. The largest absolute Gasteiger partial charge is 0.456 e. The fourth-order valence-corrected chi connectivity index (χ4v) is 5.48. The SMILES string of the molecule is Cc1cc(-c2ccccn2)[c-]cc1-c1cccc2c1ccc1oc3ccccc3c12.[2H]C([2H])([2H])c1ccc(-c2[c-]cccc2)nc1.[Ir]. The molecule has 0 atom stereocenters. The van der Waals surface area contributed by atoms with Gasteiger partial charge in [0.15, 0.2) is 0 Å². The second-order valence-electron chi connectivity index (χ2n) is 10.3. The maximum atomic E-state index is 7.23. The maximum absolute atomic E-state index is 7.23. The van der Waals surface area contributed by atoms with Gasteiger partial charge in [-0.2, -0.15) is 0 Å². The minimum absolute atomic E-state index is 0. The van der Waals surface area contributed by atoms with E-state index in [1.54, 1.807) is 18.2 Å². The van der Waals surface area contributed by atoms with Gasteiger partial charge in [0.05, 0.1) is 0 Å². The number of fused-ring (bicyclic) bond motifs is 5. The number of nitrogens with zero attached hydrogens (tertiary/aromatic N) is 2. The predicted octanol–water partition coefficient (Wildman–Crippen LogP) is 10.4. The van der Waals surface area contributed by atoms with Gasteiger partial charge in [0, 0.05) is 47.4 Å². The van der Waals surface area contributed by atoms with Crippen LogP contribution in [0.4, 0.5) is 0 Å². The van der Waals surface area contributed by atoms with Gasteiger partial charge in [0.2, 0.25) is 0 Å². The van der Waals surface area contributed by atoms with Gasteiger partial charge in [-0.05, 0) is 52.8 Å². The van der Waals surface area contributed by atoms with Crippen LogP contribution in [-0.4, -0.2) is 9.97 Å². The smallest absolute Gasteiger partial charge is 0.136 e. The molecule has 4 heteroatoms. The van der Waals surface area contributed by atoms with Gasteiger partial charge in [-0.3, -0.25) is 0 Å². The van der Waals surface area contributed by atoms with E-state index in [-0.39, 0.29) is 25.7 Å². The van der Waals surface area contributed by atoms with E-state index in [1.165, 1.54) is 39.0 Å². The molecule has 0 amide bonds. The monoisotopic (exact) mass is 748 g/mol. The van der Waals surface area contributed by atoms with Crippen LogP contribution in [0.2, 0.25) is 0 Å². The molecule has 44 heavy (non-hydrogen) atoms. The van der Waals surface area contributed by atoms with E-state index >= 15 is 0 Å². The summed E-state index contributed by atoms with van der Waals surface area (Å²) in [5.74, 6) is 0. The standard InChI is InChI=1S/C28H18NO.C12H10N.Ir/c1-18-17-19(25-10-4-5-16-29-25)12-13-20(18)21-8-6-9-23-22(21)14-15-27-28(23)24-7-2-3-11-26(24)30-27;1-10-7-8-12(13-9-10)11-5-3-2-4-6-11;/h2-11,13-17H,1H3;2-5,7-9H,1H3;/q2*-1;/i;1D3;. The van der Waals surface area contributed by atoms with E-state index < -0.39 is 6.85 Å². The summed E-state index contributed by atoms with van der Waals surface area (Å²) in [6, 6.07) is 46.4. The molecule has 0 saturated heterocycles. The fourth-order valence-electron chi connectivity index (χ4n) is 5.48.